The molecule has 0 saturated carbocycles. The first-order chi connectivity index (χ1) is 12.1. The number of nitrogens with two attached hydrogens (primary N) is 1. The van der Waals surface area contributed by atoms with Gasteiger partial charge in [-0.25, -0.2) is 18.4 Å². The number of carbonyl (C=O) groups is 2. The summed E-state index contributed by atoms with van der Waals surface area (Å²) in [5.41, 5.74) is 0.440. The molecule has 2 aromatic carbocycles. The molecule has 0 bridgehead atoms. The molecule has 2 rings (SSSR count). The van der Waals surface area contributed by atoms with Gasteiger partial charge in [0.15, 0.2) is 6.10 Å². The standard InChI is InChI=1S/C17H17ClN2O5S/c1-11(16(21)20(2)12-6-4-3-5-7-12)25-17(22)14-10-13(26(19,23)24)8-9-15(14)18/h3-11H,1-2H3,(H2,19,23,24)/t11-/m0/s1. The van der Waals surface area contributed by atoms with Gasteiger partial charge in [0.2, 0.25) is 10.0 Å². The van der Waals surface area contributed by atoms with Crippen LogP contribution < -0.4 is 10.0 Å². The highest BCUT2D eigenvalue weighted by Crippen LogP contribution is 2.22. The van der Waals surface area contributed by atoms with E-state index in [-0.39, 0.29) is 15.5 Å². The number of carbonyl (C=O) groups excluding carboxylic acids is 2. The van der Waals surface area contributed by atoms with E-state index in [4.69, 9.17) is 21.5 Å². The number of ether oxygens (including phenoxy) is 1. The zero-order valence-corrected chi connectivity index (χ0v) is 15.6. The average Bonchev–Trinajstić information content (AvgIpc) is 2.60. The van der Waals surface area contributed by atoms with E-state index in [1.165, 1.54) is 24.0 Å². The summed E-state index contributed by atoms with van der Waals surface area (Å²) in [7, 11) is -2.46. The molecule has 0 aliphatic rings. The summed E-state index contributed by atoms with van der Waals surface area (Å²) in [6, 6.07) is 12.2. The van der Waals surface area contributed by atoms with Gasteiger partial charge in [0.1, 0.15) is 0 Å². The monoisotopic (exact) mass is 396 g/mol. The van der Waals surface area contributed by atoms with Crippen molar-refractivity contribution < 1.29 is 22.7 Å². The molecule has 9 heteroatoms. The van der Waals surface area contributed by atoms with Crippen LogP contribution in [0, 0.1) is 0 Å². The molecule has 1 amide bonds. The van der Waals surface area contributed by atoms with E-state index in [9.17, 15) is 18.0 Å². The Morgan fingerprint density at radius 2 is 1.77 bits per heavy atom. The second-order valence-corrected chi connectivity index (χ2v) is 7.44. The number of anilines is 1. The number of hydrogen-bond acceptors (Lipinski definition) is 5. The molecule has 0 aliphatic carbocycles. The van der Waals surface area contributed by atoms with Crippen LogP contribution in [-0.4, -0.2) is 33.4 Å². The van der Waals surface area contributed by atoms with E-state index in [1.54, 1.807) is 31.3 Å². The summed E-state index contributed by atoms with van der Waals surface area (Å²) in [6.45, 7) is 1.41. The molecule has 0 heterocycles. The summed E-state index contributed by atoms with van der Waals surface area (Å²) in [6.07, 6.45) is -1.11. The summed E-state index contributed by atoms with van der Waals surface area (Å²) in [4.78, 5) is 25.8. The van der Waals surface area contributed by atoms with Crippen molar-refractivity contribution in [1.82, 2.24) is 0 Å². The second kappa shape index (κ2) is 7.86. The maximum Gasteiger partial charge on any atom is 0.340 e. The third-order valence-corrected chi connectivity index (χ3v) is 4.83. The molecular weight excluding hydrogens is 380 g/mol. The van der Waals surface area contributed by atoms with Crippen LogP contribution >= 0.6 is 11.6 Å². The van der Waals surface area contributed by atoms with Gasteiger partial charge < -0.3 is 9.64 Å². The quantitative estimate of drug-likeness (QED) is 0.779. The molecule has 0 saturated heterocycles. The Morgan fingerprint density at radius 3 is 2.35 bits per heavy atom. The van der Waals surface area contributed by atoms with Crippen molar-refractivity contribution in [2.45, 2.75) is 17.9 Å². The Kier molecular flexibility index (Phi) is 6.01. The van der Waals surface area contributed by atoms with E-state index in [0.717, 1.165) is 6.07 Å². The van der Waals surface area contributed by atoms with Gasteiger partial charge in [-0.2, -0.15) is 0 Å². The van der Waals surface area contributed by atoms with Crippen molar-refractivity contribution in [3.05, 3.63) is 59.1 Å². The third kappa shape index (κ3) is 4.60. The number of amides is 1. The summed E-state index contributed by atoms with van der Waals surface area (Å²) < 4.78 is 28.0. The van der Waals surface area contributed by atoms with Gasteiger partial charge in [0.25, 0.3) is 5.91 Å². The fourth-order valence-corrected chi connectivity index (χ4v) is 2.90. The number of sulfonamides is 1. The van der Waals surface area contributed by atoms with Crippen LogP contribution in [0.3, 0.4) is 0 Å². The maximum absolute atomic E-state index is 12.4. The molecule has 0 aromatic heterocycles. The number of primary sulfonamides is 1. The number of esters is 1. The number of rotatable bonds is 5. The lowest BCUT2D eigenvalue weighted by atomic mass is 10.2. The first-order valence-corrected chi connectivity index (χ1v) is 9.39. The molecule has 7 nitrogen and oxygen atoms in total. The summed E-state index contributed by atoms with van der Waals surface area (Å²) in [5, 5.41) is 5.03. The number of benzene rings is 2. The van der Waals surface area contributed by atoms with E-state index < -0.39 is 28.0 Å². The molecule has 0 spiro atoms. The minimum Gasteiger partial charge on any atom is -0.449 e. The van der Waals surface area contributed by atoms with Crippen molar-refractivity contribution in [1.29, 1.82) is 0 Å². The molecule has 1 atom stereocenters. The van der Waals surface area contributed by atoms with Gasteiger partial charge in [0.05, 0.1) is 15.5 Å². The van der Waals surface area contributed by atoms with Gasteiger partial charge in [-0.1, -0.05) is 29.8 Å². The first-order valence-electron chi connectivity index (χ1n) is 7.47. The molecule has 0 radical (unpaired) electrons. The molecule has 26 heavy (non-hydrogen) atoms. The maximum atomic E-state index is 12.4. The largest absolute Gasteiger partial charge is 0.449 e. The minimum atomic E-state index is -4.01. The SMILES string of the molecule is C[C@H](OC(=O)c1cc(S(N)(=O)=O)ccc1Cl)C(=O)N(C)c1ccccc1. The van der Waals surface area contributed by atoms with Crippen molar-refractivity contribution >= 4 is 39.2 Å². The van der Waals surface area contributed by atoms with Crippen LogP contribution in [0.25, 0.3) is 0 Å². The lowest BCUT2D eigenvalue weighted by molar-refractivity contribution is -0.126. The van der Waals surface area contributed by atoms with E-state index in [0.29, 0.717) is 5.69 Å². The molecule has 138 valence electrons. The zero-order chi connectivity index (χ0) is 19.5. The van der Waals surface area contributed by atoms with Gasteiger partial charge in [-0.05, 0) is 37.3 Å². The molecule has 0 unspecified atom stereocenters. The lowest BCUT2D eigenvalue weighted by Gasteiger charge is -2.21. The Hall–Kier alpha value is -2.42. The average molecular weight is 397 g/mol. The van der Waals surface area contributed by atoms with Crippen LogP contribution in [0.4, 0.5) is 5.69 Å². The van der Waals surface area contributed by atoms with E-state index in [2.05, 4.69) is 0 Å². The number of nitrogens with zero attached hydrogens (tertiary/aromatic N) is 1. The fourth-order valence-electron chi connectivity index (χ4n) is 2.16. The Balaban J connectivity index is 2.18. The second-order valence-electron chi connectivity index (χ2n) is 5.47. The first kappa shape index (κ1) is 19.9. The zero-order valence-electron chi connectivity index (χ0n) is 14.0. The normalized spacial score (nSPS) is 12.3. The van der Waals surface area contributed by atoms with Crippen molar-refractivity contribution in [2.24, 2.45) is 5.14 Å². The van der Waals surface area contributed by atoms with Crippen LogP contribution in [0.2, 0.25) is 5.02 Å². The number of hydrogen-bond donors (Lipinski definition) is 1. The Labute approximate surface area is 156 Å². The minimum absolute atomic E-state index is 0.0153. The summed E-state index contributed by atoms with van der Waals surface area (Å²) in [5.74, 6) is -1.38. The van der Waals surface area contributed by atoms with Gasteiger partial charge in [-0.15, -0.1) is 0 Å². The van der Waals surface area contributed by atoms with Crippen molar-refractivity contribution in [3.63, 3.8) is 0 Å². The Morgan fingerprint density at radius 1 is 1.15 bits per heavy atom. The highest BCUT2D eigenvalue weighted by Gasteiger charge is 2.25. The number of para-hydroxylation sites is 1. The van der Waals surface area contributed by atoms with Gasteiger partial charge >= 0.3 is 5.97 Å². The number of halogens is 1. The van der Waals surface area contributed by atoms with Crippen molar-refractivity contribution in [3.8, 4) is 0 Å². The van der Waals surface area contributed by atoms with Crippen LogP contribution in [0.1, 0.15) is 17.3 Å². The molecule has 0 fully saturated rings. The smallest absolute Gasteiger partial charge is 0.340 e. The van der Waals surface area contributed by atoms with Gasteiger partial charge in [0, 0.05) is 12.7 Å². The predicted molar refractivity (Wildman–Crippen MR) is 97.6 cm³/mol. The highest BCUT2D eigenvalue weighted by atomic mass is 35.5. The van der Waals surface area contributed by atoms with E-state index >= 15 is 0 Å². The fraction of sp³-hybridized carbons (Fsp3) is 0.176. The predicted octanol–water partition coefficient (Wildman–Crippen LogP) is 2.20. The van der Waals surface area contributed by atoms with Crippen LogP contribution in [0.15, 0.2) is 53.4 Å². The molecule has 2 N–H and O–H groups in total. The van der Waals surface area contributed by atoms with E-state index in [1.807, 2.05) is 6.07 Å². The van der Waals surface area contributed by atoms with Crippen LogP contribution in [0.5, 0.6) is 0 Å². The third-order valence-electron chi connectivity index (χ3n) is 3.59. The molecular formula is C17H17ClN2O5S. The number of likely N-dealkylation sites (N-methyl/N-ethyl adjacent to an activating group) is 1. The van der Waals surface area contributed by atoms with Crippen LogP contribution in [-0.2, 0) is 19.6 Å². The van der Waals surface area contributed by atoms with Crippen molar-refractivity contribution in [2.75, 3.05) is 11.9 Å². The highest BCUT2D eigenvalue weighted by molar-refractivity contribution is 7.89. The van der Waals surface area contributed by atoms with Gasteiger partial charge in [-0.3, -0.25) is 4.79 Å². The topological polar surface area (TPSA) is 107 Å². The molecule has 0 aliphatic heterocycles. The lowest BCUT2D eigenvalue weighted by Crippen LogP contribution is -2.37. The Bertz CT molecular complexity index is 931. The molecule has 2 aromatic rings. The summed E-state index contributed by atoms with van der Waals surface area (Å²) >= 11 is 5.93.